The molecule has 3 heterocycles. The van der Waals surface area contributed by atoms with Gasteiger partial charge in [-0.1, -0.05) is 25.1 Å². The first-order valence-electron chi connectivity index (χ1n) is 9.12. The molecule has 0 unspecified atom stereocenters. The van der Waals surface area contributed by atoms with Gasteiger partial charge < -0.3 is 9.80 Å². The van der Waals surface area contributed by atoms with Crippen molar-refractivity contribution in [3.05, 3.63) is 51.9 Å². The maximum absolute atomic E-state index is 13.2. The zero-order chi connectivity index (χ0) is 18.8. The van der Waals surface area contributed by atoms with Gasteiger partial charge in [0.2, 0.25) is 0 Å². The van der Waals surface area contributed by atoms with Crippen molar-refractivity contribution in [3.8, 4) is 0 Å². The van der Waals surface area contributed by atoms with Crippen LogP contribution in [0.15, 0.2) is 40.6 Å². The average Bonchev–Trinajstić information content (AvgIpc) is 3.25. The number of carbonyl (C=O) groups is 1. The fraction of sp³-hybridized carbons (Fsp3) is 0.368. The highest BCUT2D eigenvalue weighted by molar-refractivity contribution is 7.13. The molecular weight excluding hydrogens is 362 g/mol. The Morgan fingerprint density at radius 3 is 2.56 bits per heavy atom. The molecular formula is C19H21N5O2S. The molecule has 2 aromatic heterocycles. The Morgan fingerprint density at radius 1 is 1.15 bits per heavy atom. The molecule has 1 aliphatic heterocycles. The van der Waals surface area contributed by atoms with Crippen LogP contribution in [0.5, 0.6) is 0 Å². The molecule has 27 heavy (non-hydrogen) atoms. The first kappa shape index (κ1) is 17.7. The largest absolute Gasteiger partial charge is 0.345 e. The van der Waals surface area contributed by atoms with Crippen molar-refractivity contribution in [3.63, 3.8) is 0 Å². The summed E-state index contributed by atoms with van der Waals surface area (Å²) in [5.74, 6) is -0.116. The van der Waals surface area contributed by atoms with Crippen molar-refractivity contribution < 1.29 is 4.79 Å². The predicted molar refractivity (Wildman–Crippen MR) is 107 cm³/mol. The summed E-state index contributed by atoms with van der Waals surface area (Å²) in [6.45, 7) is 5.20. The number of piperazine rings is 1. The van der Waals surface area contributed by atoms with Crippen LogP contribution < -0.4 is 10.5 Å². The van der Waals surface area contributed by atoms with Gasteiger partial charge in [0.05, 0.1) is 5.39 Å². The molecule has 0 bridgehead atoms. The van der Waals surface area contributed by atoms with Crippen LogP contribution in [0.4, 0.5) is 5.13 Å². The molecule has 0 N–H and O–H groups in total. The standard InChI is InChI=1S/C19H21N5O2S/c1-2-8-24-17(25)15-6-4-3-5-14(15)16(21-24)18(26)22-9-11-23(12-10-22)19-20-7-13-27-19/h3-7,13H,2,8-12H2,1H3. The number of benzene rings is 1. The molecule has 1 amide bonds. The van der Waals surface area contributed by atoms with E-state index in [0.717, 1.165) is 24.6 Å². The number of thiazole rings is 1. The fourth-order valence-corrected chi connectivity index (χ4v) is 4.08. The van der Waals surface area contributed by atoms with Crippen molar-refractivity contribution in [1.29, 1.82) is 0 Å². The molecule has 1 saturated heterocycles. The number of carbonyl (C=O) groups excluding carboxylic acids is 1. The minimum atomic E-state index is -0.141. The second kappa shape index (κ2) is 7.48. The number of rotatable bonds is 4. The molecule has 0 spiro atoms. The van der Waals surface area contributed by atoms with Crippen LogP contribution in [0, 0.1) is 0 Å². The molecule has 8 heteroatoms. The Hall–Kier alpha value is -2.74. The van der Waals surface area contributed by atoms with Gasteiger partial charge in [0.15, 0.2) is 10.8 Å². The molecule has 4 rings (SSSR count). The van der Waals surface area contributed by atoms with E-state index in [2.05, 4.69) is 15.0 Å². The maximum atomic E-state index is 13.2. The van der Waals surface area contributed by atoms with Crippen molar-refractivity contribution in [2.75, 3.05) is 31.1 Å². The third-order valence-electron chi connectivity index (χ3n) is 4.76. The zero-order valence-corrected chi connectivity index (χ0v) is 16.0. The normalized spacial score (nSPS) is 14.7. The monoisotopic (exact) mass is 383 g/mol. The van der Waals surface area contributed by atoms with Crippen molar-refractivity contribution in [2.45, 2.75) is 19.9 Å². The van der Waals surface area contributed by atoms with Gasteiger partial charge in [0.25, 0.3) is 11.5 Å². The Balaban J connectivity index is 1.63. The van der Waals surface area contributed by atoms with E-state index in [1.165, 1.54) is 4.68 Å². The summed E-state index contributed by atoms with van der Waals surface area (Å²) in [5.41, 5.74) is 0.221. The van der Waals surface area contributed by atoms with Gasteiger partial charge in [-0.3, -0.25) is 9.59 Å². The maximum Gasteiger partial charge on any atom is 0.275 e. The highest BCUT2D eigenvalue weighted by Gasteiger charge is 2.26. The van der Waals surface area contributed by atoms with Crippen LogP contribution >= 0.6 is 11.3 Å². The summed E-state index contributed by atoms with van der Waals surface area (Å²) >= 11 is 1.61. The lowest BCUT2D eigenvalue weighted by atomic mass is 10.1. The number of anilines is 1. The van der Waals surface area contributed by atoms with E-state index in [0.29, 0.717) is 36.1 Å². The molecule has 3 aromatic rings. The molecule has 7 nitrogen and oxygen atoms in total. The van der Waals surface area contributed by atoms with Gasteiger partial charge in [0, 0.05) is 49.7 Å². The van der Waals surface area contributed by atoms with Crippen LogP contribution in [-0.4, -0.2) is 51.8 Å². The second-order valence-electron chi connectivity index (χ2n) is 6.52. The number of aryl methyl sites for hydroxylation is 1. The van der Waals surface area contributed by atoms with E-state index in [9.17, 15) is 9.59 Å². The first-order valence-corrected chi connectivity index (χ1v) is 10.0. The highest BCUT2D eigenvalue weighted by atomic mass is 32.1. The van der Waals surface area contributed by atoms with E-state index >= 15 is 0 Å². The van der Waals surface area contributed by atoms with Gasteiger partial charge in [0.1, 0.15) is 0 Å². The SMILES string of the molecule is CCCn1nc(C(=O)N2CCN(c3nccs3)CC2)c2ccccc2c1=O. The van der Waals surface area contributed by atoms with Gasteiger partial charge >= 0.3 is 0 Å². The molecule has 1 aliphatic rings. The van der Waals surface area contributed by atoms with E-state index in [4.69, 9.17) is 0 Å². The van der Waals surface area contributed by atoms with Crippen LogP contribution in [0.2, 0.25) is 0 Å². The first-order chi connectivity index (χ1) is 13.2. The summed E-state index contributed by atoms with van der Waals surface area (Å²) in [7, 11) is 0. The smallest absolute Gasteiger partial charge is 0.275 e. The summed E-state index contributed by atoms with van der Waals surface area (Å²) in [5, 5.41) is 8.54. The fourth-order valence-electron chi connectivity index (χ4n) is 3.38. The Bertz CT molecular complexity index is 1010. The van der Waals surface area contributed by atoms with E-state index in [1.54, 1.807) is 29.7 Å². The van der Waals surface area contributed by atoms with Gasteiger partial charge in [-0.2, -0.15) is 5.10 Å². The Labute approximate surface area is 160 Å². The molecule has 0 aliphatic carbocycles. The zero-order valence-electron chi connectivity index (χ0n) is 15.2. The minimum Gasteiger partial charge on any atom is -0.345 e. The third-order valence-corrected chi connectivity index (χ3v) is 5.59. The Kier molecular flexibility index (Phi) is 4.89. The van der Waals surface area contributed by atoms with Crippen LogP contribution in [0.1, 0.15) is 23.8 Å². The molecule has 0 atom stereocenters. The lowest BCUT2D eigenvalue weighted by Gasteiger charge is -2.34. The molecule has 1 fully saturated rings. The lowest BCUT2D eigenvalue weighted by molar-refractivity contribution is 0.0740. The molecule has 140 valence electrons. The molecule has 0 saturated carbocycles. The summed E-state index contributed by atoms with van der Waals surface area (Å²) in [6, 6.07) is 7.23. The second-order valence-corrected chi connectivity index (χ2v) is 7.39. The average molecular weight is 383 g/mol. The summed E-state index contributed by atoms with van der Waals surface area (Å²) in [6.07, 6.45) is 2.58. The number of hydrogen-bond donors (Lipinski definition) is 0. The van der Waals surface area contributed by atoms with E-state index < -0.39 is 0 Å². The quantitative estimate of drug-likeness (QED) is 0.691. The van der Waals surface area contributed by atoms with Gasteiger partial charge in [-0.15, -0.1) is 11.3 Å². The van der Waals surface area contributed by atoms with Gasteiger partial charge in [-0.05, 0) is 12.5 Å². The number of amides is 1. The number of nitrogens with zero attached hydrogens (tertiary/aromatic N) is 5. The predicted octanol–water partition coefficient (Wildman–Crippen LogP) is 2.23. The van der Waals surface area contributed by atoms with Gasteiger partial charge in [-0.25, -0.2) is 9.67 Å². The molecule has 1 aromatic carbocycles. The number of aromatic nitrogens is 3. The van der Waals surface area contributed by atoms with E-state index in [1.807, 2.05) is 29.3 Å². The Morgan fingerprint density at radius 2 is 1.89 bits per heavy atom. The van der Waals surface area contributed by atoms with Crippen molar-refractivity contribution in [2.24, 2.45) is 0 Å². The summed E-state index contributed by atoms with van der Waals surface area (Å²) in [4.78, 5) is 34.2. The molecule has 0 radical (unpaired) electrons. The van der Waals surface area contributed by atoms with E-state index in [-0.39, 0.29) is 11.5 Å². The highest BCUT2D eigenvalue weighted by Crippen LogP contribution is 2.21. The van der Waals surface area contributed by atoms with Crippen molar-refractivity contribution in [1.82, 2.24) is 19.7 Å². The lowest BCUT2D eigenvalue weighted by Crippen LogP contribution is -2.49. The third kappa shape index (κ3) is 3.32. The van der Waals surface area contributed by atoms with Crippen LogP contribution in [0.25, 0.3) is 10.8 Å². The number of fused-ring (bicyclic) bond motifs is 1. The summed E-state index contributed by atoms with van der Waals surface area (Å²) < 4.78 is 1.42. The van der Waals surface area contributed by atoms with Crippen LogP contribution in [-0.2, 0) is 6.54 Å². The van der Waals surface area contributed by atoms with Crippen molar-refractivity contribution >= 4 is 33.1 Å². The topological polar surface area (TPSA) is 71.3 Å². The number of hydrogen-bond acceptors (Lipinski definition) is 6. The van der Waals surface area contributed by atoms with Crippen LogP contribution in [0.3, 0.4) is 0 Å². The minimum absolute atomic E-state index is 0.116.